The van der Waals surface area contributed by atoms with Crippen LogP contribution in [0, 0.1) is 5.92 Å². The summed E-state index contributed by atoms with van der Waals surface area (Å²) in [4.78, 5) is 25.0. The Kier molecular flexibility index (Phi) is 5.96. The highest BCUT2D eigenvalue weighted by molar-refractivity contribution is 5.74. The van der Waals surface area contributed by atoms with Crippen LogP contribution in [-0.2, 0) is 0 Å². The predicted molar refractivity (Wildman–Crippen MR) is 100 cm³/mol. The minimum Gasteiger partial charge on any atom is -0.460 e. The molecule has 0 aromatic carbocycles. The van der Waals surface area contributed by atoms with Crippen molar-refractivity contribution in [3.05, 3.63) is 18.5 Å². The second-order valence-corrected chi connectivity index (χ2v) is 8.29. The van der Waals surface area contributed by atoms with E-state index in [1.807, 2.05) is 4.90 Å². The molecule has 144 valence electrons. The van der Waals surface area contributed by atoms with E-state index >= 15 is 0 Å². The Hall–Kier alpha value is -1.89. The molecule has 2 aliphatic rings. The molecule has 1 aromatic rings. The molecule has 1 N–H and O–H groups in total. The molecule has 7 nitrogen and oxygen atoms in total. The van der Waals surface area contributed by atoms with Gasteiger partial charge in [0.1, 0.15) is 6.10 Å². The van der Waals surface area contributed by atoms with Crippen LogP contribution in [-0.4, -0.2) is 70.2 Å². The molecule has 2 fully saturated rings. The number of aromatic nitrogens is 2. The lowest BCUT2D eigenvalue weighted by molar-refractivity contribution is 0.103. The van der Waals surface area contributed by atoms with Crippen molar-refractivity contribution < 1.29 is 9.53 Å². The minimum absolute atomic E-state index is 0.0496. The number of nitrogens with one attached hydrogen (secondary N) is 1. The van der Waals surface area contributed by atoms with Gasteiger partial charge >= 0.3 is 12.0 Å². The SMILES string of the molecule is CC(C)(C)N1CC[C@H](CNC(=O)N2CCC(Oc3ncccn3)CC2)C1. The standard InChI is InChI=1S/C19H31N5O2/c1-19(2,3)24-12-5-15(14-24)13-22-18(25)23-10-6-16(7-11-23)26-17-20-8-4-9-21-17/h4,8-9,15-16H,5-7,10-14H2,1-3H3,(H,22,25)/t15-/m1/s1. The molecule has 26 heavy (non-hydrogen) atoms. The fourth-order valence-corrected chi connectivity index (χ4v) is 3.62. The molecule has 2 amide bonds. The molecule has 3 heterocycles. The number of hydrogen-bond donors (Lipinski definition) is 1. The summed E-state index contributed by atoms with van der Waals surface area (Å²) in [5.74, 6) is 0.550. The lowest BCUT2D eigenvalue weighted by Gasteiger charge is -2.32. The Bertz CT molecular complexity index is 581. The van der Waals surface area contributed by atoms with Gasteiger partial charge in [-0.2, -0.15) is 0 Å². The van der Waals surface area contributed by atoms with Crippen molar-refractivity contribution in [3.8, 4) is 6.01 Å². The second-order valence-electron chi connectivity index (χ2n) is 8.29. The number of ether oxygens (including phenoxy) is 1. The second kappa shape index (κ2) is 8.20. The van der Waals surface area contributed by atoms with Crippen molar-refractivity contribution in [2.45, 2.75) is 51.7 Å². The Morgan fingerprint density at radius 2 is 1.88 bits per heavy atom. The highest BCUT2D eigenvalue weighted by Crippen LogP contribution is 2.24. The fourth-order valence-electron chi connectivity index (χ4n) is 3.62. The fraction of sp³-hybridized carbons (Fsp3) is 0.737. The molecule has 1 atom stereocenters. The zero-order valence-corrected chi connectivity index (χ0v) is 16.1. The lowest BCUT2D eigenvalue weighted by atomic mass is 10.1. The first-order valence-electron chi connectivity index (χ1n) is 9.63. The number of likely N-dealkylation sites (tertiary alicyclic amines) is 2. The van der Waals surface area contributed by atoms with E-state index in [0.29, 0.717) is 25.0 Å². The van der Waals surface area contributed by atoms with Crippen LogP contribution in [0.25, 0.3) is 0 Å². The van der Waals surface area contributed by atoms with Gasteiger partial charge in [-0.15, -0.1) is 0 Å². The van der Waals surface area contributed by atoms with Crippen molar-refractivity contribution in [2.24, 2.45) is 5.92 Å². The molecule has 0 bridgehead atoms. The topological polar surface area (TPSA) is 70.6 Å². The highest BCUT2D eigenvalue weighted by Gasteiger charge is 2.31. The van der Waals surface area contributed by atoms with Gasteiger partial charge in [-0.1, -0.05) is 0 Å². The van der Waals surface area contributed by atoms with E-state index in [0.717, 1.165) is 38.9 Å². The van der Waals surface area contributed by atoms with Crippen molar-refractivity contribution in [2.75, 3.05) is 32.7 Å². The average molecular weight is 361 g/mol. The van der Waals surface area contributed by atoms with E-state index in [2.05, 4.69) is 41.0 Å². The number of hydrogen-bond acceptors (Lipinski definition) is 5. The van der Waals surface area contributed by atoms with Gasteiger partial charge in [0.2, 0.25) is 0 Å². The van der Waals surface area contributed by atoms with E-state index in [4.69, 9.17) is 4.74 Å². The molecule has 0 unspecified atom stereocenters. The number of nitrogens with zero attached hydrogens (tertiary/aromatic N) is 4. The third kappa shape index (κ3) is 5.06. The molecule has 1 aromatic heterocycles. The number of urea groups is 1. The number of amides is 2. The number of rotatable bonds is 4. The third-order valence-electron chi connectivity index (χ3n) is 5.32. The molecule has 0 aliphatic carbocycles. The molecule has 7 heteroatoms. The van der Waals surface area contributed by atoms with Gasteiger partial charge in [0.05, 0.1) is 0 Å². The Morgan fingerprint density at radius 3 is 2.50 bits per heavy atom. The predicted octanol–water partition coefficient (Wildman–Crippen LogP) is 2.15. The van der Waals surface area contributed by atoms with E-state index in [9.17, 15) is 4.79 Å². The maximum atomic E-state index is 12.4. The molecule has 0 spiro atoms. The van der Waals surface area contributed by atoms with Crippen LogP contribution in [0.5, 0.6) is 6.01 Å². The summed E-state index contributed by atoms with van der Waals surface area (Å²) in [7, 11) is 0. The molecular formula is C19H31N5O2. The maximum Gasteiger partial charge on any atom is 0.317 e. The summed E-state index contributed by atoms with van der Waals surface area (Å²) in [6.07, 6.45) is 6.21. The van der Waals surface area contributed by atoms with Crippen molar-refractivity contribution in [3.63, 3.8) is 0 Å². The van der Waals surface area contributed by atoms with Gasteiger partial charge < -0.3 is 15.0 Å². The van der Waals surface area contributed by atoms with Crippen LogP contribution in [0.2, 0.25) is 0 Å². The monoisotopic (exact) mass is 361 g/mol. The quantitative estimate of drug-likeness (QED) is 0.890. The number of carbonyl (C=O) groups is 1. The smallest absolute Gasteiger partial charge is 0.317 e. The van der Waals surface area contributed by atoms with Crippen molar-refractivity contribution >= 4 is 6.03 Å². The third-order valence-corrected chi connectivity index (χ3v) is 5.32. The van der Waals surface area contributed by atoms with Gasteiger partial charge in [0.25, 0.3) is 0 Å². The van der Waals surface area contributed by atoms with Crippen LogP contribution in [0.4, 0.5) is 4.79 Å². The normalized spacial score (nSPS) is 22.4. The molecule has 2 aliphatic heterocycles. The van der Waals surface area contributed by atoms with E-state index < -0.39 is 0 Å². The summed E-state index contributed by atoms with van der Waals surface area (Å²) in [6.45, 7) is 11.1. The maximum absolute atomic E-state index is 12.4. The Labute approximate surface area is 156 Å². The van der Waals surface area contributed by atoms with Crippen LogP contribution in [0.1, 0.15) is 40.0 Å². The summed E-state index contributed by atoms with van der Waals surface area (Å²) in [6, 6.07) is 2.24. The van der Waals surface area contributed by atoms with Crippen molar-refractivity contribution in [1.82, 2.24) is 25.1 Å². The van der Waals surface area contributed by atoms with Crippen LogP contribution in [0.3, 0.4) is 0 Å². The minimum atomic E-state index is 0.0496. The van der Waals surface area contributed by atoms with Crippen LogP contribution < -0.4 is 10.1 Å². The van der Waals surface area contributed by atoms with Crippen LogP contribution >= 0.6 is 0 Å². The van der Waals surface area contributed by atoms with E-state index in [1.54, 1.807) is 18.5 Å². The lowest BCUT2D eigenvalue weighted by Crippen LogP contribution is -2.47. The zero-order chi connectivity index (χ0) is 18.6. The Morgan fingerprint density at radius 1 is 1.19 bits per heavy atom. The molecule has 0 saturated carbocycles. The van der Waals surface area contributed by atoms with E-state index in [-0.39, 0.29) is 17.7 Å². The van der Waals surface area contributed by atoms with Gasteiger partial charge in [-0.25, -0.2) is 14.8 Å². The summed E-state index contributed by atoms with van der Waals surface area (Å²) in [5, 5.41) is 3.13. The first kappa shape index (κ1) is 18.9. The average Bonchev–Trinajstić information content (AvgIpc) is 3.11. The number of carbonyl (C=O) groups excluding carboxylic acids is 1. The summed E-state index contributed by atoms with van der Waals surface area (Å²) < 4.78 is 5.78. The first-order valence-corrected chi connectivity index (χ1v) is 9.63. The van der Waals surface area contributed by atoms with Crippen molar-refractivity contribution in [1.29, 1.82) is 0 Å². The Balaban J connectivity index is 1.36. The highest BCUT2D eigenvalue weighted by atomic mass is 16.5. The molecule has 0 radical (unpaired) electrons. The van der Waals surface area contributed by atoms with Gasteiger partial charge in [0, 0.05) is 57.0 Å². The van der Waals surface area contributed by atoms with Gasteiger partial charge in [-0.05, 0) is 45.7 Å². The number of piperidine rings is 1. The summed E-state index contributed by atoms with van der Waals surface area (Å²) in [5.41, 5.74) is 0.211. The summed E-state index contributed by atoms with van der Waals surface area (Å²) >= 11 is 0. The first-order chi connectivity index (χ1) is 12.4. The van der Waals surface area contributed by atoms with Gasteiger partial charge in [-0.3, -0.25) is 4.90 Å². The molecule has 3 rings (SSSR count). The zero-order valence-electron chi connectivity index (χ0n) is 16.1. The largest absolute Gasteiger partial charge is 0.460 e. The molecule has 2 saturated heterocycles. The van der Waals surface area contributed by atoms with E-state index in [1.165, 1.54) is 0 Å². The molecular weight excluding hydrogens is 330 g/mol. The van der Waals surface area contributed by atoms with Gasteiger partial charge in [0.15, 0.2) is 0 Å². The van der Waals surface area contributed by atoms with Crippen LogP contribution in [0.15, 0.2) is 18.5 Å².